The van der Waals surface area contributed by atoms with Crippen molar-refractivity contribution in [2.75, 3.05) is 0 Å². The first kappa shape index (κ1) is 9.23. The number of allylic oxidation sites excluding steroid dienone is 2. The fourth-order valence-electron chi connectivity index (χ4n) is 2.55. The van der Waals surface area contributed by atoms with Crippen LogP contribution >= 0.6 is 0 Å². The molecule has 1 radical (unpaired) electrons. The molecule has 1 heteroatoms. The van der Waals surface area contributed by atoms with Gasteiger partial charge in [0.15, 0.2) is 0 Å². The van der Waals surface area contributed by atoms with Gasteiger partial charge in [-0.3, -0.25) is 0 Å². The molecule has 2 rings (SSSR count). The molecule has 0 nitrogen and oxygen atoms in total. The average molecular weight is 181 g/mol. The minimum atomic E-state index is -0.550. The molecule has 2 unspecified atom stereocenters. The molecule has 0 aliphatic heterocycles. The Morgan fingerprint density at radius 1 is 1.15 bits per heavy atom. The molecule has 13 heavy (non-hydrogen) atoms. The summed E-state index contributed by atoms with van der Waals surface area (Å²) in [6, 6.07) is 0. The second-order valence-corrected chi connectivity index (χ2v) is 4.28. The van der Waals surface area contributed by atoms with E-state index in [2.05, 4.69) is 12.2 Å². The van der Waals surface area contributed by atoms with Crippen LogP contribution in [0.25, 0.3) is 0 Å². The maximum atomic E-state index is 13.6. The normalized spacial score (nSPS) is 36.4. The summed E-state index contributed by atoms with van der Waals surface area (Å²) in [7, 11) is 0. The average Bonchev–Trinajstić information content (AvgIpc) is 2.20. The molecule has 1 saturated carbocycles. The van der Waals surface area contributed by atoms with Crippen molar-refractivity contribution in [3.05, 3.63) is 18.1 Å². The molecule has 0 heterocycles. The Kier molecular flexibility index (Phi) is 3.02. The highest BCUT2D eigenvalue weighted by atomic mass is 19.1. The van der Waals surface area contributed by atoms with Crippen LogP contribution in [0.3, 0.4) is 0 Å². The first-order valence-electron chi connectivity index (χ1n) is 5.54. The van der Waals surface area contributed by atoms with E-state index in [0.29, 0.717) is 0 Å². The number of halogens is 1. The summed E-state index contributed by atoms with van der Waals surface area (Å²) in [6.45, 7) is 0. The number of alkyl halides is 1. The minimum absolute atomic E-state index is 0.269. The topological polar surface area (TPSA) is 0 Å². The summed E-state index contributed by atoms with van der Waals surface area (Å²) in [5.74, 6) is 1.66. The summed E-state index contributed by atoms with van der Waals surface area (Å²) in [6.07, 6.45) is 11.6. The van der Waals surface area contributed by atoms with E-state index in [1.165, 1.54) is 25.2 Å². The maximum absolute atomic E-state index is 13.6. The number of hydrogen-bond acceptors (Lipinski definition) is 0. The largest absolute Gasteiger partial charge is 0.247 e. The van der Waals surface area contributed by atoms with Gasteiger partial charge in [-0.25, -0.2) is 4.39 Å². The Morgan fingerprint density at radius 3 is 2.69 bits per heavy atom. The lowest BCUT2D eigenvalue weighted by molar-refractivity contribution is 0.174. The lowest BCUT2D eigenvalue weighted by atomic mass is 9.75. The SMILES string of the molecule is FC1CCCCC1[C]1C=CCCC1. The zero-order valence-electron chi connectivity index (χ0n) is 8.14. The standard InChI is InChI=1S/C12H18F/c13-12-9-5-4-8-11(12)10-6-2-1-3-7-10/h2,6,11-12H,1,3-5,7-9H2. The van der Waals surface area contributed by atoms with Gasteiger partial charge < -0.3 is 0 Å². The third kappa shape index (κ3) is 2.12. The highest BCUT2D eigenvalue weighted by molar-refractivity contribution is 5.18. The van der Waals surface area contributed by atoms with Gasteiger partial charge in [-0.1, -0.05) is 25.0 Å². The minimum Gasteiger partial charge on any atom is -0.247 e. The van der Waals surface area contributed by atoms with E-state index >= 15 is 0 Å². The van der Waals surface area contributed by atoms with E-state index in [9.17, 15) is 4.39 Å². The van der Waals surface area contributed by atoms with Crippen LogP contribution in [0.1, 0.15) is 44.9 Å². The van der Waals surface area contributed by atoms with Gasteiger partial charge in [-0.2, -0.15) is 0 Å². The van der Waals surface area contributed by atoms with E-state index in [4.69, 9.17) is 0 Å². The molecule has 0 bridgehead atoms. The molecule has 0 aromatic carbocycles. The Hall–Kier alpha value is -0.330. The molecular formula is C12H18F. The van der Waals surface area contributed by atoms with E-state index in [1.54, 1.807) is 0 Å². The fourth-order valence-corrected chi connectivity index (χ4v) is 2.55. The molecule has 0 aromatic rings. The van der Waals surface area contributed by atoms with Crippen LogP contribution in [0.4, 0.5) is 4.39 Å². The smallest absolute Gasteiger partial charge is 0.104 e. The van der Waals surface area contributed by atoms with Crippen molar-refractivity contribution in [1.82, 2.24) is 0 Å². The van der Waals surface area contributed by atoms with Crippen LogP contribution in [0.15, 0.2) is 12.2 Å². The third-order valence-electron chi connectivity index (χ3n) is 3.33. The van der Waals surface area contributed by atoms with Crippen molar-refractivity contribution in [2.45, 2.75) is 51.1 Å². The molecule has 0 spiro atoms. The van der Waals surface area contributed by atoms with Crippen LogP contribution in [0.2, 0.25) is 0 Å². The second-order valence-electron chi connectivity index (χ2n) is 4.28. The van der Waals surface area contributed by atoms with Gasteiger partial charge in [-0.05, 0) is 32.1 Å². The van der Waals surface area contributed by atoms with Crippen LogP contribution in [-0.2, 0) is 0 Å². The number of hydrogen-bond donors (Lipinski definition) is 0. The van der Waals surface area contributed by atoms with Crippen LogP contribution in [0, 0.1) is 11.8 Å². The Balaban J connectivity index is 1.96. The quantitative estimate of drug-likeness (QED) is 0.576. The first-order chi connectivity index (χ1) is 6.38. The zero-order chi connectivity index (χ0) is 9.10. The van der Waals surface area contributed by atoms with E-state index < -0.39 is 6.17 Å². The summed E-state index contributed by atoms with van der Waals surface area (Å²) in [5.41, 5.74) is 0. The molecule has 1 fully saturated rings. The molecule has 0 saturated heterocycles. The van der Waals surface area contributed by atoms with Gasteiger partial charge >= 0.3 is 0 Å². The zero-order valence-corrected chi connectivity index (χ0v) is 8.14. The fraction of sp³-hybridized carbons (Fsp3) is 0.750. The predicted molar refractivity (Wildman–Crippen MR) is 53.1 cm³/mol. The van der Waals surface area contributed by atoms with Gasteiger partial charge in [0.25, 0.3) is 0 Å². The van der Waals surface area contributed by atoms with Crippen molar-refractivity contribution in [3.63, 3.8) is 0 Å². The molecule has 0 aromatic heterocycles. The predicted octanol–water partition coefficient (Wildman–Crippen LogP) is 3.83. The Labute approximate surface area is 80.2 Å². The summed E-state index contributed by atoms with van der Waals surface area (Å²) >= 11 is 0. The molecule has 73 valence electrons. The summed E-state index contributed by atoms with van der Waals surface area (Å²) in [4.78, 5) is 0. The molecule has 2 aliphatic carbocycles. The van der Waals surface area contributed by atoms with Crippen molar-refractivity contribution in [1.29, 1.82) is 0 Å². The Bertz CT molecular complexity index is 186. The summed E-state index contributed by atoms with van der Waals surface area (Å²) in [5, 5.41) is 0. The van der Waals surface area contributed by atoms with Crippen LogP contribution < -0.4 is 0 Å². The lowest BCUT2D eigenvalue weighted by Gasteiger charge is -2.32. The number of rotatable bonds is 1. The highest BCUT2D eigenvalue weighted by Crippen LogP contribution is 2.38. The molecule has 0 N–H and O–H groups in total. The summed E-state index contributed by atoms with van der Waals surface area (Å²) < 4.78 is 13.6. The van der Waals surface area contributed by atoms with E-state index in [1.807, 2.05) is 0 Å². The highest BCUT2D eigenvalue weighted by Gasteiger charge is 2.31. The Morgan fingerprint density at radius 2 is 2.00 bits per heavy atom. The van der Waals surface area contributed by atoms with Crippen LogP contribution in [-0.4, -0.2) is 6.17 Å². The third-order valence-corrected chi connectivity index (χ3v) is 3.33. The van der Waals surface area contributed by atoms with Crippen LogP contribution in [0.5, 0.6) is 0 Å². The van der Waals surface area contributed by atoms with Crippen molar-refractivity contribution < 1.29 is 4.39 Å². The van der Waals surface area contributed by atoms with Gasteiger partial charge in [0.05, 0.1) is 0 Å². The van der Waals surface area contributed by atoms with Crippen molar-refractivity contribution >= 4 is 0 Å². The van der Waals surface area contributed by atoms with Gasteiger partial charge in [0.1, 0.15) is 6.17 Å². The monoisotopic (exact) mass is 181 g/mol. The maximum Gasteiger partial charge on any atom is 0.104 e. The molecule has 0 amide bonds. The van der Waals surface area contributed by atoms with Crippen molar-refractivity contribution in [2.24, 2.45) is 5.92 Å². The van der Waals surface area contributed by atoms with E-state index in [-0.39, 0.29) is 5.92 Å². The lowest BCUT2D eigenvalue weighted by Crippen LogP contribution is -2.26. The van der Waals surface area contributed by atoms with E-state index in [0.717, 1.165) is 25.7 Å². The van der Waals surface area contributed by atoms with Gasteiger partial charge in [0, 0.05) is 11.8 Å². The molecule has 2 aliphatic rings. The second kappa shape index (κ2) is 4.26. The first-order valence-corrected chi connectivity index (χ1v) is 5.54. The van der Waals surface area contributed by atoms with Gasteiger partial charge in [0.2, 0.25) is 0 Å². The van der Waals surface area contributed by atoms with Gasteiger partial charge in [-0.15, -0.1) is 0 Å². The molecular weight excluding hydrogens is 163 g/mol. The van der Waals surface area contributed by atoms with Crippen molar-refractivity contribution in [3.8, 4) is 0 Å². The molecule has 2 atom stereocenters.